The standard InChI is InChI=1S/C31H34F12N8O2/c32-28(33,34)19-9-17(10-20(13-19)29(35,36)37)15-27(16-18-11-21(30(38,39)40)14-22(12-18)31(41,42)43)23(52)50(7-3-1-5-48-24(44)45)26(53)51(27)8-4-2-6-49-25(46)47/h9-14H,1-8,15-16H2,(H4,44,45,48)(H4,46,47,49). The number of unbranched alkanes of at least 4 members (excludes halogenated alkanes) is 2. The summed E-state index contributed by atoms with van der Waals surface area (Å²) >= 11 is 0. The topological polar surface area (TPSA) is 169 Å². The predicted octanol–water partition coefficient (Wildman–Crippen LogP) is 5.66. The number of benzene rings is 2. The van der Waals surface area contributed by atoms with E-state index in [0.717, 1.165) is 4.90 Å². The van der Waals surface area contributed by atoms with E-state index in [4.69, 9.17) is 22.9 Å². The maximum atomic E-state index is 14.4. The zero-order chi connectivity index (χ0) is 40.2. The Morgan fingerprint density at radius 1 is 0.547 bits per heavy atom. The van der Waals surface area contributed by atoms with Crippen LogP contribution < -0.4 is 22.9 Å². The molecule has 1 aliphatic rings. The number of hydrogen-bond donors (Lipinski definition) is 4. The Morgan fingerprint density at radius 3 is 1.21 bits per heavy atom. The van der Waals surface area contributed by atoms with Crippen LogP contribution in [0.1, 0.15) is 59.1 Å². The Kier molecular flexibility index (Phi) is 12.8. The molecule has 3 amide bonds. The zero-order valence-corrected chi connectivity index (χ0v) is 27.5. The summed E-state index contributed by atoms with van der Waals surface area (Å²) in [6.07, 6.45) is -23.7. The van der Waals surface area contributed by atoms with Crippen LogP contribution in [0.4, 0.5) is 57.5 Å². The van der Waals surface area contributed by atoms with Crippen molar-refractivity contribution in [3.8, 4) is 0 Å². The molecule has 1 saturated heterocycles. The van der Waals surface area contributed by atoms with Crippen LogP contribution in [0.3, 0.4) is 0 Å². The number of aliphatic imine (C=N–C) groups is 2. The zero-order valence-electron chi connectivity index (χ0n) is 27.5. The maximum absolute atomic E-state index is 14.4. The molecule has 1 fully saturated rings. The third kappa shape index (κ3) is 11.0. The van der Waals surface area contributed by atoms with Crippen molar-refractivity contribution in [3.05, 3.63) is 69.8 Å². The Morgan fingerprint density at radius 2 is 0.887 bits per heavy atom. The SMILES string of the molecule is NC(N)=NCCCCN1C(=O)N(CCCCN=C(N)N)C(Cc2cc(C(F)(F)F)cc(C(F)(F)F)c2)(Cc2cc(C(F)(F)F)cc(C(F)(F)F)c2)C1=O. The smallest absolute Gasteiger partial charge is 0.370 e. The largest absolute Gasteiger partial charge is 0.416 e. The molecule has 294 valence electrons. The first-order chi connectivity index (χ1) is 24.3. The third-order valence-corrected chi connectivity index (χ3v) is 8.08. The van der Waals surface area contributed by atoms with Crippen LogP contribution >= 0.6 is 0 Å². The van der Waals surface area contributed by atoms with Crippen molar-refractivity contribution in [1.29, 1.82) is 0 Å². The van der Waals surface area contributed by atoms with E-state index in [-0.39, 0.29) is 87.1 Å². The Bertz CT molecular complexity index is 1550. The van der Waals surface area contributed by atoms with Crippen molar-refractivity contribution in [2.24, 2.45) is 32.9 Å². The highest BCUT2D eigenvalue weighted by Gasteiger charge is 2.57. The van der Waals surface area contributed by atoms with Crippen LogP contribution in [0.5, 0.6) is 0 Å². The second kappa shape index (κ2) is 16.0. The first kappa shape index (κ1) is 42.5. The van der Waals surface area contributed by atoms with Crippen molar-refractivity contribution in [2.45, 2.75) is 68.8 Å². The van der Waals surface area contributed by atoms with Crippen LogP contribution in [0.2, 0.25) is 0 Å². The summed E-state index contributed by atoms with van der Waals surface area (Å²) in [6, 6.07) is -0.513. The van der Waals surface area contributed by atoms with Gasteiger partial charge in [-0.1, -0.05) is 0 Å². The van der Waals surface area contributed by atoms with E-state index in [1.807, 2.05) is 0 Å². The fourth-order valence-corrected chi connectivity index (χ4v) is 5.79. The summed E-state index contributed by atoms with van der Waals surface area (Å²) in [5.74, 6) is -1.90. The molecule has 2 aromatic rings. The minimum Gasteiger partial charge on any atom is -0.370 e. The molecule has 0 atom stereocenters. The quantitative estimate of drug-likeness (QED) is 0.0635. The number of carbonyl (C=O) groups is 2. The van der Waals surface area contributed by atoms with E-state index < -0.39 is 101 Å². The Hall–Kier alpha value is -4.92. The fraction of sp³-hybridized carbons (Fsp3) is 0.484. The molecule has 8 N–H and O–H groups in total. The van der Waals surface area contributed by atoms with Crippen molar-refractivity contribution in [2.75, 3.05) is 26.2 Å². The number of imide groups is 1. The van der Waals surface area contributed by atoms with E-state index in [9.17, 15) is 62.3 Å². The van der Waals surface area contributed by atoms with Crippen LogP contribution in [-0.4, -0.2) is 65.4 Å². The van der Waals surface area contributed by atoms with Gasteiger partial charge in [0, 0.05) is 39.0 Å². The number of amides is 3. The molecule has 0 unspecified atom stereocenters. The molecular weight excluding hydrogens is 744 g/mol. The van der Waals surface area contributed by atoms with E-state index >= 15 is 0 Å². The highest BCUT2D eigenvalue weighted by atomic mass is 19.4. The second-order valence-corrected chi connectivity index (χ2v) is 12.1. The normalized spacial score (nSPS) is 15.2. The number of urea groups is 1. The molecule has 0 aromatic heterocycles. The van der Waals surface area contributed by atoms with Crippen LogP contribution in [0.15, 0.2) is 46.4 Å². The number of guanidine groups is 2. The summed E-state index contributed by atoms with van der Waals surface area (Å²) in [5, 5.41) is 0. The third-order valence-electron chi connectivity index (χ3n) is 8.08. The second-order valence-electron chi connectivity index (χ2n) is 12.1. The van der Waals surface area contributed by atoms with Crippen LogP contribution in [-0.2, 0) is 42.3 Å². The van der Waals surface area contributed by atoms with Crippen LogP contribution in [0, 0.1) is 0 Å². The molecule has 2 aromatic carbocycles. The first-order valence-electron chi connectivity index (χ1n) is 15.6. The van der Waals surface area contributed by atoms with Gasteiger partial charge in [-0.3, -0.25) is 19.7 Å². The van der Waals surface area contributed by atoms with E-state index in [1.54, 1.807) is 0 Å². The molecule has 0 saturated carbocycles. The summed E-state index contributed by atoms with van der Waals surface area (Å²) in [6.45, 7) is -0.972. The minimum atomic E-state index is -5.37. The van der Waals surface area contributed by atoms with E-state index in [2.05, 4.69) is 9.98 Å². The van der Waals surface area contributed by atoms with E-state index in [1.165, 1.54) is 0 Å². The van der Waals surface area contributed by atoms with Gasteiger partial charge in [-0.15, -0.1) is 0 Å². The number of nitrogens with two attached hydrogens (primary N) is 4. The number of carbonyl (C=O) groups excluding carboxylic acids is 2. The van der Waals surface area contributed by atoms with Crippen LogP contribution in [0.25, 0.3) is 0 Å². The van der Waals surface area contributed by atoms with Gasteiger partial charge in [-0.25, -0.2) is 4.79 Å². The van der Waals surface area contributed by atoms with Gasteiger partial charge in [0.05, 0.1) is 22.3 Å². The average Bonchev–Trinajstić information content (AvgIpc) is 3.18. The lowest BCUT2D eigenvalue weighted by atomic mass is 9.81. The maximum Gasteiger partial charge on any atom is 0.416 e. The summed E-state index contributed by atoms with van der Waals surface area (Å²) in [7, 11) is 0. The number of halogens is 12. The monoisotopic (exact) mass is 778 g/mol. The molecule has 53 heavy (non-hydrogen) atoms. The molecule has 0 spiro atoms. The Balaban J connectivity index is 2.30. The first-order valence-corrected chi connectivity index (χ1v) is 15.6. The lowest BCUT2D eigenvalue weighted by molar-refractivity contribution is -0.144. The number of rotatable bonds is 14. The average molecular weight is 779 g/mol. The lowest BCUT2D eigenvalue weighted by Crippen LogP contribution is -2.53. The fourth-order valence-electron chi connectivity index (χ4n) is 5.79. The molecule has 1 aliphatic heterocycles. The summed E-state index contributed by atoms with van der Waals surface area (Å²) in [4.78, 5) is 37.1. The summed E-state index contributed by atoms with van der Waals surface area (Å²) in [5.41, 5.74) is 9.59. The molecule has 0 aliphatic carbocycles. The number of alkyl halides is 12. The van der Waals surface area contributed by atoms with Gasteiger partial charge >= 0.3 is 30.7 Å². The predicted molar refractivity (Wildman–Crippen MR) is 167 cm³/mol. The molecule has 0 radical (unpaired) electrons. The van der Waals surface area contributed by atoms with Gasteiger partial charge in [0.1, 0.15) is 5.54 Å². The Labute approximate surface area is 293 Å². The highest BCUT2D eigenvalue weighted by molar-refractivity contribution is 6.07. The molecule has 22 heteroatoms. The molecule has 0 bridgehead atoms. The van der Waals surface area contributed by atoms with Crippen molar-refractivity contribution in [1.82, 2.24) is 9.80 Å². The summed E-state index contributed by atoms with van der Waals surface area (Å²) < 4.78 is 166. The van der Waals surface area contributed by atoms with Gasteiger partial charge < -0.3 is 27.8 Å². The van der Waals surface area contributed by atoms with Gasteiger partial charge in [0.25, 0.3) is 5.91 Å². The van der Waals surface area contributed by atoms with Crippen molar-refractivity contribution in [3.63, 3.8) is 0 Å². The number of nitrogens with zero attached hydrogens (tertiary/aromatic N) is 4. The van der Waals surface area contributed by atoms with Gasteiger partial charge in [-0.2, -0.15) is 52.7 Å². The molecular formula is C31H34F12N8O2. The van der Waals surface area contributed by atoms with Gasteiger partial charge in [0.15, 0.2) is 11.9 Å². The molecule has 1 heterocycles. The highest BCUT2D eigenvalue weighted by Crippen LogP contribution is 2.42. The lowest BCUT2D eigenvalue weighted by Gasteiger charge is -2.36. The number of hydrogen-bond acceptors (Lipinski definition) is 4. The van der Waals surface area contributed by atoms with E-state index in [0.29, 0.717) is 4.90 Å². The molecule has 3 rings (SSSR count). The van der Waals surface area contributed by atoms with Gasteiger partial charge in [-0.05, 0) is 73.2 Å². The minimum absolute atomic E-state index is 0.00705. The van der Waals surface area contributed by atoms with Crippen molar-refractivity contribution < 1.29 is 62.3 Å². The van der Waals surface area contributed by atoms with Gasteiger partial charge in [0.2, 0.25) is 0 Å². The molecule has 10 nitrogen and oxygen atoms in total. The van der Waals surface area contributed by atoms with Crippen molar-refractivity contribution >= 4 is 23.9 Å².